The van der Waals surface area contributed by atoms with Crippen molar-refractivity contribution in [2.45, 2.75) is 0 Å². The van der Waals surface area contributed by atoms with Crippen LogP contribution in [0.4, 0.5) is 22.0 Å². The third kappa shape index (κ3) is 3.42. The molecule has 1 unspecified atom stereocenters. The molecule has 0 saturated carbocycles. The zero-order chi connectivity index (χ0) is 16.2. The summed E-state index contributed by atoms with van der Waals surface area (Å²) in [7, 11) is -4.11. The maximum absolute atomic E-state index is 13.7. The van der Waals surface area contributed by atoms with Crippen molar-refractivity contribution >= 4 is 12.4 Å². The van der Waals surface area contributed by atoms with E-state index in [1.807, 2.05) is 0 Å². The van der Waals surface area contributed by atoms with Gasteiger partial charge in [-0.3, -0.25) is 0 Å². The summed E-state index contributed by atoms with van der Waals surface area (Å²) >= 11 is 0. The lowest BCUT2D eigenvalue weighted by atomic mass is 10.3. The highest BCUT2D eigenvalue weighted by Crippen LogP contribution is 2.55. The molecular weight excluding hydrogens is 314 g/mol. The van der Waals surface area contributed by atoms with E-state index in [9.17, 15) is 31.6 Å². The number of allylic oxidation sites excluding steroid dienone is 4. The summed E-state index contributed by atoms with van der Waals surface area (Å²) in [6.07, 6.45) is -1.36. The lowest BCUT2D eigenvalue weighted by Crippen LogP contribution is -2.07. The van der Waals surface area contributed by atoms with Crippen LogP contribution in [-0.4, -0.2) is 11.8 Å². The summed E-state index contributed by atoms with van der Waals surface area (Å²) in [5, 5.41) is 7.91. The molecule has 8 heteroatoms. The highest BCUT2D eigenvalue weighted by Gasteiger charge is 2.32. The second-order valence-electron chi connectivity index (χ2n) is 3.99. The van der Waals surface area contributed by atoms with E-state index in [-0.39, 0.29) is 5.30 Å². The van der Waals surface area contributed by atoms with Gasteiger partial charge >= 0.3 is 0 Å². The fourth-order valence-electron chi connectivity index (χ4n) is 1.55. The Hall–Kier alpha value is -1.88. The molecule has 0 amide bonds. The molecule has 114 valence electrons. The van der Waals surface area contributed by atoms with Gasteiger partial charge < -0.3 is 9.67 Å². The zero-order valence-corrected chi connectivity index (χ0v) is 11.6. The SMILES string of the molecule is CP(=O)(C(=C\F)/C(F)=C(F)\C(F)=C\F)c1ccccc1O. The maximum Gasteiger partial charge on any atom is 0.197 e. The first-order valence-electron chi connectivity index (χ1n) is 5.46. The molecule has 0 aromatic heterocycles. The van der Waals surface area contributed by atoms with Gasteiger partial charge in [-0.15, -0.1) is 0 Å². The van der Waals surface area contributed by atoms with Crippen LogP contribution < -0.4 is 5.30 Å². The summed E-state index contributed by atoms with van der Waals surface area (Å²) in [6, 6.07) is 4.94. The Kier molecular flexibility index (Phi) is 5.49. The van der Waals surface area contributed by atoms with Crippen LogP contribution in [0.1, 0.15) is 0 Å². The predicted molar refractivity (Wildman–Crippen MR) is 70.0 cm³/mol. The molecule has 2 nitrogen and oxygen atoms in total. The van der Waals surface area contributed by atoms with Crippen molar-refractivity contribution in [3.63, 3.8) is 0 Å². The first-order valence-corrected chi connectivity index (χ1v) is 7.61. The molecule has 0 bridgehead atoms. The maximum atomic E-state index is 13.7. The average molecular weight is 324 g/mol. The van der Waals surface area contributed by atoms with Gasteiger partial charge in [0, 0.05) is 0 Å². The number of rotatable bonds is 4. The molecule has 1 N–H and O–H groups in total. The predicted octanol–water partition coefficient (Wildman–Crippen LogP) is 4.75. The van der Waals surface area contributed by atoms with Crippen LogP contribution >= 0.6 is 7.14 Å². The van der Waals surface area contributed by atoms with Crippen molar-refractivity contribution in [3.8, 4) is 5.75 Å². The van der Waals surface area contributed by atoms with Crippen molar-refractivity contribution in [1.82, 2.24) is 0 Å². The molecule has 1 aromatic rings. The molecule has 1 atom stereocenters. The first-order chi connectivity index (χ1) is 9.77. The van der Waals surface area contributed by atoms with Crippen LogP contribution in [0.15, 0.2) is 59.7 Å². The Bertz CT molecular complexity index is 679. The van der Waals surface area contributed by atoms with Crippen molar-refractivity contribution in [1.29, 1.82) is 0 Å². The van der Waals surface area contributed by atoms with Gasteiger partial charge in [-0.05, 0) is 18.8 Å². The van der Waals surface area contributed by atoms with E-state index in [1.165, 1.54) is 12.1 Å². The molecule has 0 saturated heterocycles. The number of hydrogen-bond donors (Lipinski definition) is 1. The summed E-state index contributed by atoms with van der Waals surface area (Å²) in [4.78, 5) is 0. The second kappa shape index (κ2) is 6.72. The third-order valence-electron chi connectivity index (χ3n) is 2.63. The van der Waals surface area contributed by atoms with Crippen molar-refractivity contribution < 1.29 is 31.6 Å². The Morgan fingerprint density at radius 2 is 1.67 bits per heavy atom. The molecule has 0 aliphatic rings. The van der Waals surface area contributed by atoms with E-state index in [0.29, 0.717) is 0 Å². The minimum Gasteiger partial charge on any atom is -0.507 e. The standard InChI is InChI=1S/C13H10F5O2P/c1-21(20,10-5-3-2-4-9(10)19)11(7-15)13(18)12(17)8(16)6-14/h2-7,19H,1H3/b8-6-,11-7-,13-12-. The molecule has 21 heavy (non-hydrogen) atoms. The topological polar surface area (TPSA) is 37.3 Å². The van der Waals surface area contributed by atoms with Crippen LogP contribution in [0.25, 0.3) is 0 Å². The summed E-state index contributed by atoms with van der Waals surface area (Å²) in [6.45, 7) is 0.859. The number of benzene rings is 1. The lowest BCUT2D eigenvalue weighted by Gasteiger charge is -2.16. The van der Waals surface area contributed by atoms with Gasteiger partial charge in [0.2, 0.25) is 0 Å². The van der Waals surface area contributed by atoms with E-state index in [4.69, 9.17) is 0 Å². The minimum atomic E-state index is -4.11. The monoisotopic (exact) mass is 324 g/mol. The van der Waals surface area contributed by atoms with Gasteiger partial charge in [-0.2, -0.15) is 0 Å². The quantitative estimate of drug-likeness (QED) is 0.493. The number of halogens is 5. The minimum absolute atomic E-state index is 0.346. The van der Waals surface area contributed by atoms with Gasteiger partial charge in [0.1, 0.15) is 25.6 Å². The van der Waals surface area contributed by atoms with E-state index >= 15 is 0 Å². The van der Waals surface area contributed by atoms with Crippen molar-refractivity contribution in [3.05, 3.63) is 59.7 Å². The van der Waals surface area contributed by atoms with Crippen molar-refractivity contribution in [2.75, 3.05) is 6.66 Å². The number of phenolic OH excluding ortho intramolecular Hbond substituents is 1. The highest BCUT2D eigenvalue weighted by molar-refractivity contribution is 7.75. The van der Waals surface area contributed by atoms with E-state index < -0.39 is 48.3 Å². The summed E-state index contributed by atoms with van der Waals surface area (Å²) in [5.41, 5.74) is 0. The molecule has 0 aliphatic heterocycles. The number of phenols is 1. The Morgan fingerprint density at radius 1 is 1.10 bits per heavy atom. The molecule has 1 aromatic carbocycles. The van der Waals surface area contributed by atoms with Crippen LogP contribution in [0.3, 0.4) is 0 Å². The molecule has 0 aliphatic carbocycles. The number of aromatic hydroxyl groups is 1. The fraction of sp³-hybridized carbons (Fsp3) is 0.0769. The summed E-state index contributed by atoms with van der Waals surface area (Å²) in [5.74, 6) is -7.20. The molecule has 0 spiro atoms. The van der Waals surface area contributed by atoms with Crippen molar-refractivity contribution in [2.24, 2.45) is 0 Å². The Balaban J connectivity index is 3.48. The first kappa shape index (κ1) is 17.2. The highest BCUT2D eigenvalue weighted by atomic mass is 31.2. The van der Waals surface area contributed by atoms with Gasteiger partial charge in [0.15, 0.2) is 17.5 Å². The molecule has 1 rings (SSSR count). The average Bonchev–Trinajstić information content (AvgIpc) is 2.46. The van der Waals surface area contributed by atoms with Crippen LogP contribution in [0, 0.1) is 0 Å². The molecule has 0 radical (unpaired) electrons. The smallest absolute Gasteiger partial charge is 0.197 e. The van der Waals surface area contributed by atoms with E-state index in [2.05, 4.69) is 0 Å². The van der Waals surface area contributed by atoms with Crippen LogP contribution in [-0.2, 0) is 4.57 Å². The lowest BCUT2D eigenvalue weighted by molar-refractivity contribution is 0.478. The number of para-hydroxylation sites is 1. The fourth-order valence-corrected chi connectivity index (χ4v) is 3.35. The van der Waals surface area contributed by atoms with Gasteiger partial charge in [0.25, 0.3) is 0 Å². The van der Waals surface area contributed by atoms with E-state index in [1.54, 1.807) is 0 Å². The van der Waals surface area contributed by atoms with Crippen LogP contribution in [0.2, 0.25) is 0 Å². The largest absolute Gasteiger partial charge is 0.507 e. The molecule has 0 fully saturated rings. The Labute approximate surface area is 117 Å². The molecular formula is C13H10F5O2P. The third-order valence-corrected chi connectivity index (χ3v) is 5.14. The van der Waals surface area contributed by atoms with Gasteiger partial charge in [-0.25, -0.2) is 22.0 Å². The van der Waals surface area contributed by atoms with E-state index in [0.717, 1.165) is 18.8 Å². The Morgan fingerprint density at radius 3 is 2.14 bits per heavy atom. The van der Waals surface area contributed by atoms with Gasteiger partial charge in [0.05, 0.1) is 10.6 Å². The van der Waals surface area contributed by atoms with Gasteiger partial charge in [-0.1, -0.05) is 12.1 Å². The second-order valence-corrected chi connectivity index (χ2v) is 6.80. The number of hydrogen-bond acceptors (Lipinski definition) is 2. The normalized spacial score (nSPS) is 17.2. The zero-order valence-electron chi connectivity index (χ0n) is 10.7. The van der Waals surface area contributed by atoms with Crippen LogP contribution in [0.5, 0.6) is 5.75 Å². The summed E-state index contributed by atoms with van der Waals surface area (Å²) < 4.78 is 76.8. The molecule has 0 heterocycles.